The summed E-state index contributed by atoms with van der Waals surface area (Å²) in [6, 6.07) is 15.9. The zero-order valence-electron chi connectivity index (χ0n) is 12.5. The van der Waals surface area contributed by atoms with E-state index >= 15 is 0 Å². The van der Waals surface area contributed by atoms with E-state index in [1.807, 2.05) is 49.4 Å². The van der Waals surface area contributed by atoms with E-state index in [1.165, 1.54) is 0 Å². The quantitative estimate of drug-likeness (QED) is 0.791. The van der Waals surface area contributed by atoms with Crippen molar-refractivity contribution >= 4 is 16.7 Å². The number of aromatic nitrogens is 2. The molecule has 0 saturated heterocycles. The second-order valence-electron chi connectivity index (χ2n) is 5.29. The van der Waals surface area contributed by atoms with E-state index in [2.05, 4.69) is 28.3 Å². The minimum Gasteiger partial charge on any atom is -0.363 e. The molecule has 1 atom stereocenters. The van der Waals surface area contributed by atoms with Gasteiger partial charge in [0.1, 0.15) is 12.1 Å². The minimum atomic E-state index is 0.0892. The fraction of sp³-hybridized carbons (Fsp3) is 0.167. The average Bonchev–Trinajstić information content (AvgIpc) is 2.56. The van der Waals surface area contributed by atoms with Gasteiger partial charge in [-0.05, 0) is 43.2 Å². The van der Waals surface area contributed by atoms with E-state index in [0.717, 1.165) is 27.8 Å². The summed E-state index contributed by atoms with van der Waals surface area (Å²) in [5.41, 5.74) is 3.87. The predicted octanol–water partition coefficient (Wildman–Crippen LogP) is 3.98. The van der Waals surface area contributed by atoms with Crippen LogP contribution in [0.2, 0.25) is 0 Å². The van der Waals surface area contributed by atoms with Crippen molar-refractivity contribution in [2.24, 2.45) is 0 Å². The second-order valence-corrected chi connectivity index (χ2v) is 5.29. The zero-order chi connectivity index (χ0) is 15.5. The molecule has 22 heavy (non-hydrogen) atoms. The number of anilines is 1. The maximum atomic E-state index is 8.86. The lowest BCUT2D eigenvalue weighted by Gasteiger charge is -2.16. The van der Waals surface area contributed by atoms with Gasteiger partial charge in [0, 0.05) is 11.4 Å². The summed E-state index contributed by atoms with van der Waals surface area (Å²) in [4.78, 5) is 8.73. The molecule has 0 bridgehead atoms. The van der Waals surface area contributed by atoms with Crippen LogP contribution in [0.3, 0.4) is 0 Å². The van der Waals surface area contributed by atoms with Gasteiger partial charge in [-0.25, -0.2) is 9.97 Å². The van der Waals surface area contributed by atoms with E-state index in [4.69, 9.17) is 5.26 Å². The molecule has 4 heteroatoms. The second kappa shape index (κ2) is 5.82. The van der Waals surface area contributed by atoms with E-state index in [0.29, 0.717) is 5.56 Å². The molecule has 0 aliphatic carbocycles. The van der Waals surface area contributed by atoms with Crippen LogP contribution < -0.4 is 5.32 Å². The summed E-state index contributed by atoms with van der Waals surface area (Å²) in [5, 5.41) is 13.3. The first kappa shape index (κ1) is 14.0. The number of hydrogen-bond acceptors (Lipinski definition) is 4. The molecule has 108 valence electrons. The third-order valence-corrected chi connectivity index (χ3v) is 3.76. The van der Waals surface area contributed by atoms with Crippen molar-refractivity contribution in [1.29, 1.82) is 5.26 Å². The first-order valence-electron chi connectivity index (χ1n) is 7.16. The van der Waals surface area contributed by atoms with Crippen molar-refractivity contribution < 1.29 is 0 Å². The Bertz CT molecular complexity index is 847. The molecule has 4 nitrogen and oxygen atoms in total. The molecule has 0 unspecified atom stereocenters. The molecule has 0 radical (unpaired) electrons. The molecule has 0 saturated carbocycles. The van der Waals surface area contributed by atoms with Crippen molar-refractivity contribution in [2.75, 3.05) is 5.32 Å². The van der Waals surface area contributed by atoms with Crippen LogP contribution >= 0.6 is 0 Å². The average molecular weight is 288 g/mol. The van der Waals surface area contributed by atoms with Gasteiger partial charge in [0.15, 0.2) is 0 Å². The maximum absolute atomic E-state index is 8.86. The summed E-state index contributed by atoms with van der Waals surface area (Å²) in [6.45, 7) is 4.12. The Morgan fingerprint density at radius 3 is 2.59 bits per heavy atom. The van der Waals surface area contributed by atoms with Gasteiger partial charge in [-0.2, -0.15) is 5.26 Å². The number of nitrogens with one attached hydrogen (secondary N) is 1. The lowest BCUT2D eigenvalue weighted by atomic mass is 10.1. The van der Waals surface area contributed by atoms with E-state index in [1.54, 1.807) is 6.33 Å². The van der Waals surface area contributed by atoms with Crippen molar-refractivity contribution in [3.8, 4) is 6.07 Å². The van der Waals surface area contributed by atoms with Crippen LogP contribution in [0.4, 0.5) is 5.82 Å². The van der Waals surface area contributed by atoms with Crippen molar-refractivity contribution in [3.63, 3.8) is 0 Å². The normalized spacial score (nSPS) is 11.9. The van der Waals surface area contributed by atoms with Gasteiger partial charge in [0.2, 0.25) is 0 Å². The molecule has 3 aromatic rings. The largest absolute Gasteiger partial charge is 0.363 e. The Balaban J connectivity index is 1.92. The highest BCUT2D eigenvalue weighted by atomic mass is 15.0. The Morgan fingerprint density at radius 1 is 1.09 bits per heavy atom. The van der Waals surface area contributed by atoms with Gasteiger partial charge >= 0.3 is 0 Å². The van der Waals surface area contributed by atoms with Gasteiger partial charge < -0.3 is 5.32 Å². The zero-order valence-corrected chi connectivity index (χ0v) is 12.5. The standard InChI is InChI=1S/C18H16N4/c1-12-4-3-5-16-17(12)20-11-21-18(16)22-13(2)15-8-6-14(10-19)7-9-15/h3-9,11,13H,1-2H3,(H,20,21,22)/t13-/m0/s1. The van der Waals surface area contributed by atoms with Crippen LogP contribution in [0.5, 0.6) is 0 Å². The molecule has 2 aromatic carbocycles. The number of rotatable bonds is 3. The minimum absolute atomic E-state index is 0.0892. The Hall–Kier alpha value is -2.93. The molecule has 1 N–H and O–H groups in total. The number of para-hydroxylation sites is 1. The smallest absolute Gasteiger partial charge is 0.137 e. The van der Waals surface area contributed by atoms with Gasteiger partial charge in [-0.3, -0.25) is 0 Å². The van der Waals surface area contributed by atoms with Crippen LogP contribution in [-0.4, -0.2) is 9.97 Å². The maximum Gasteiger partial charge on any atom is 0.137 e. The molecule has 0 spiro atoms. The number of benzene rings is 2. The van der Waals surface area contributed by atoms with Crippen LogP contribution in [0.1, 0.15) is 29.7 Å². The third-order valence-electron chi connectivity index (χ3n) is 3.76. The summed E-state index contributed by atoms with van der Waals surface area (Å²) >= 11 is 0. The fourth-order valence-electron chi connectivity index (χ4n) is 2.49. The van der Waals surface area contributed by atoms with E-state index in [-0.39, 0.29) is 6.04 Å². The van der Waals surface area contributed by atoms with E-state index < -0.39 is 0 Å². The predicted molar refractivity (Wildman–Crippen MR) is 87.5 cm³/mol. The summed E-state index contributed by atoms with van der Waals surface area (Å²) in [6.07, 6.45) is 1.59. The highest BCUT2D eigenvalue weighted by Crippen LogP contribution is 2.25. The van der Waals surface area contributed by atoms with Crippen molar-refractivity contribution in [1.82, 2.24) is 9.97 Å². The van der Waals surface area contributed by atoms with Gasteiger partial charge in [-0.1, -0.05) is 24.3 Å². The topological polar surface area (TPSA) is 61.6 Å². The molecule has 0 amide bonds. The van der Waals surface area contributed by atoms with Crippen molar-refractivity contribution in [2.45, 2.75) is 19.9 Å². The van der Waals surface area contributed by atoms with Gasteiger partial charge in [0.05, 0.1) is 17.1 Å². The molecule has 3 rings (SSSR count). The van der Waals surface area contributed by atoms with E-state index in [9.17, 15) is 0 Å². The summed E-state index contributed by atoms with van der Waals surface area (Å²) < 4.78 is 0. The Morgan fingerprint density at radius 2 is 1.86 bits per heavy atom. The lowest BCUT2D eigenvalue weighted by Crippen LogP contribution is -2.08. The van der Waals surface area contributed by atoms with Crippen LogP contribution in [0.15, 0.2) is 48.8 Å². The Labute approximate surface area is 129 Å². The number of nitrogens with zero attached hydrogens (tertiary/aromatic N) is 3. The van der Waals surface area contributed by atoms with Crippen molar-refractivity contribution in [3.05, 3.63) is 65.5 Å². The van der Waals surface area contributed by atoms with Gasteiger partial charge in [-0.15, -0.1) is 0 Å². The highest BCUT2D eigenvalue weighted by Gasteiger charge is 2.10. The van der Waals surface area contributed by atoms with Crippen LogP contribution in [0, 0.1) is 18.3 Å². The molecule has 0 fully saturated rings. The van der Waals surface area contributed by atoms with Gasteiger partial charge in [0.25, 0.3) is 0 Å². The van der Waals surface area contributed by atoms with Crippen LogP contribution in [0.25, 0.3) is 10.9 Å². The molecular weight excluding hydrogens is 272 g/mol. The monoisotopic (exact) mass is 288 g/mol. The Kier molecular flexibility index (Phi) is 3.71. The first-order chi connectivity index (χ1) is 10.7. The molecular formula is C18H16N4. The SMILES string of the molecule is Cc1cccc2c(N[C@@H](C)c3ccc(C#N)cc3)ncnc12. The summed E-state index contributed by atoms with van der Waals surface area (Å²) in [7, 11) is 0. The molecule has 0 aliphatic rings. The molecule has 1 aromatic heterocycles. The number of fused-ring (bicyclic) bond motifs is 1. The fourth-order valence-corrected chi connectivity index (χ4v) is 2.49. The van der Waals surface area contributed by atoms with Crippen LogP contribution in [-0.2, 0) is 0 Å². The number of hydrogen-bond donors (Lipinski definition) is 1. The first-order valence-corrected chi connectivity index (χ1v) is 7.16. The number of aryl methyl sites for hydroxylation is 1. The molecule has 1 heterocycles. The lowest BCUT2D eigenvalue weighted by molar-refractivity contribution is 0.875. The summed E-state index contributed by atoms with van der Waals surface area (Å²) in [5.74, 6) is 0.825. The third kappa shape index (κ3) is 2.61. The number of nitriles is 1. The molecule has 0 aliphatic heterocycles. The highest BCUT2D eigenvalue weighted by molar-refractivity contribution is 5.90.